The molecule has 0 unspecified atom stereocenters. The highest BCUT2D eigenvalue weighted by atomic mass is 127. The van der Waals surface area contributed by atoms with E-state index in [0.29, 0.717) is 9.99 Å². The maximum absolute atomic E-state index is 12.5. The minimum Gasteiger partial charge on any atom is -0.324 e. The van der Waals surface area contributed by atoms with Gasteiger partial charge in [-0.05, 0) is 71.8 Å². The fourth-order valence-electron chi connectivity index (χ4n) is 2.80. The van der Waals surface area contributed by atoms with Gasteiger partial charge in [-0.15, -0.1) is 0 Å². The Morgan fingerprint density at radius 3 is 2.36 bits per heavy atom. The van der Waals surface area contributed by atoms with Crippen molar-refractivity contribution in [1.29, 1.82) is 0 Å². The first-order chi connectivity index (χ1) is 11.7. The molecular weight excluding hydrogens is 455 g/mol. The highest BCUT2D eigenvalue weighted by Gasteiger charge is 2.41. The molecule has 6 nitrogen and oxygen atoms in total. The van der Waals surface area contributed by atoms with Crippen LogP contribution in [0.25, 0.3) is 0 Å². The van der Waals surface area contributed by atoms with Crippen molar-refractivity contribution in [3.05, 3.63) is 56.7 Å². The van der Waals surface area contributed by atoms with E-state index in [9.17, 15) is 18.0 Å². The van der Waals surface area contributed by atoms with Crippen LogP contribution in [0.4, 0.5) is 5.69 Å². The average Bonchev–Trinajstić information content (AvgIpc) is 2.72. The second-order valence-corrected chi connectivity index (χ2v) is 8.85. The third-order valence-corrected chi connectivity index (χ3v) is 6.37. The number of benzene rings is 2. The Bertz CT molecular complexity index is 978. The Hall–Kier alpha value is -1.94. The van der Waals surface area contributed by atoms with Crippen molar-refractivity contribution in [3.63, 3.8) is 0 Å². The number of amides is 2. The Labute approximate surface area is 159 Å². The van der Waals surface area contributed by atoms with Crippen molar-refractivity contribution in [2.45, 2.75) is 18.7 Å². The van der Waals surface area contributed by atoms with Gasteiger partial charge in [0.15, 0.2) is 0 Å². The van der Waals surface area contributed by atoms with Crippen molar-refractivity contribution in [3.8, 4) is 0 Å². The van der Waals surface area contributed by atoms with Crippen LogP contribution in [0, 0.1) is 17.4 Å². The lowest BCUT2D eigenvalue weighted by Gasteiger charge is -2.17. The molecule has 0 saturated carbocycles. The molecule has 0 saturated heterocycles. The molecule has 2 amide bonds. The van der Waals surface area contributed by atoms with Crippen LogP contribution in [0.2, 0.25) is 0 Å². The number of nitrogens with zero attached hydrogens (tertiary/aromatic N) is 1. The molecule has 1 aliphatic rings. The monoisotopic (exact) mass is 470 g/mol. The molecule has 8 heteroatoms. The Morgan fingerprint density at radius 2 is 1.76 bits per heavy atom. The van der Waals surface area contributed by atoms with Gasteiger partial charge in [0.25, 0.3) is 15.9 Å². The molecule has 3 rings (SSSR count). The predicted molar refractivity (Wildman–Crippen MR) is 102 cm³/mol. The van der Waals surface area contributed by atoms with E-state index in [4.69, 9.17) is 0 Å². The molecule has 0 spiro atoms. The topological polar surface area (TPSA) is 83.6 Å². The summed E-state index contributed by atoms with van der Waals surface area (Å²) in [6, 6.07) is 9.78. The van der Waals surface area contributed by atoms with Gasteiger partial charge in [-0.2, -0.15) is 0 Å². The van der Waals surface area contributed by atoms with E-state index in [-0.39, 0.29) is 10.5 Å². The largest absolute Gasteiger partial charge is 0.324 e. The summed E-state index contributed by atoms with van der Waals surface area (Å²) in [4.78, 5) is 24.7. The van der Waals surface area contributed by atoms with Gasteiger partial charge in [-0.1, -0.05) is 12.1 Å². The molecule has 0 fully saturated rings. The first-order valence-electron chi connectivity index (χ1n) is 7.44. The van der Waals surface area contributed by atoms with Gasteiger partial charge in [0.05, 0.1) is 5.56 Å². The zero-order valence-electron chi connectivity index (χ0n) is 13.5. The second kappa shape index (κ2) is 6.41. The van der Waals surface area contributed by atoms with E-state index in [2.05, 4.69) is 27.9 Å². The van der Waals surface area contributed by atoms with Gasteiger partial charge in [0, 0.05) is 9.26 Å². The third-order valence-electron chi connectivity index (χ3n) is 3.96. The summed E-state index contributed by atoms with van der Waals surface area (Å²) in [7, 11) is -3.99. The second-order valence-electron chi connectivity index (χ2n) is 5.78. The van der Waals surface area contributed by atoms with Crippen LogP contribution in [-0.2, 0) is 14.8 Å². The zero-order valence-corrected chi connectivity index (χ0v) is 16.5. The molecule has 0 bridgehead atoms. The maximum Gasteiger partial charge on any atom is 0.269 e. The van der Waals surface area contributed by atoms with Crippen molar-refractivity contribution in [2.75, 3.05) is 11.9 Å². The summed E-state index contributed by atoms with van der Waals surface area (Å²) >= 11 is 2.18. The summed E-state index contributed by atoms with van der Waals surface area (Å²) in [6.07, 6.45) is 0. The summed E-state index contributed by atoms with van der Waals surface area (Å²) in [5.74, 6) is -1.24. The third kappa shape index (κ3) is 3.15. The highest BCUT2D eigenvalue weighted by molar-refractivity contribution is 14.1. The number of hydrogen-bond acceptors (Lipinski definition) is 4. The SMILES string of the molecule is Cc1cc(I)cc(C)c1NC(=O)CN1C(=O)c2ccccc2S1(=O)=O. The number of aryl methyl sites for hydroxylation is 2. The van der Waals surface area contributed by atoms with Gasteiger partial charge in [-0.25, -0.2) is 12.7 Å². The normalized spacial score (nSPS) is 15.2. The predicted octanol–water partition coefficient (Wildman–Crippen LogP) is 2.69. The van der Waals surface area contributed by atoms with E-state index in [1.165, 1.54) is 12.1 Å². The number of rotatable bonds is 3. The molecule has 0 atom stereocenters. The lowest BCUT2D eigenvalue weighted by atomic mass is 10.1. The molecular formula is C17H15IN2O4S. The summed E-state index contributed by atoms with van der Waals surface area (Å²) in [6.45, 7) is 3.16. The van der Waals surface area contributed by atoms with Crippen LogP contribution in [0.1, 0.15) is 21.5 Å². The molecule has 2 aromatic carbocycles. The first kappa shape index (κ1) is 17.9. The number of nitrogens with one attached hydrogen (secondary N) is 1. The minimum atomic E-state index is -3.99. The number of hydrogen-bond donors (Lipinski definition) is 1. The maximum atomic E-state index is 12.5. The number of anilines is 1. The van der Waals surface area contributed by atoms with Crippen LogP contribution in [0.3, 0.4) is 0 Å². The Balaban J connectivity index is 1.85. The fourth-order valence-corrected chi connectivity index (χ4v) is 5.26. The minimum absolute atomic E-state index is 0.0607. The Morgan fingerprint density at radius 1 is 1.16 bits per heavy atom. The molecule has 130 valence electrons. The molecule has 1 heterocycles. The van der Waals surface area contributed by atoms with Crippen molar-refractivity contribution in [1.82, 2.24) is 4.31 Å². The van der Waals surface area contributed by atoms with E-state index >= 15 is 0 Å². The van der Waals surface area contributed by atoms with Gasteiger partial charge in [0.2, 0.25) is 5.91 Å². The number of carbonyl (C=O) groups excluding carboxylic acids is 2. The van der Waals surface area contributed by atoms with Crippen LogP contribution in [0.15, 0.2) is 41.3 Å². The van der Waals surface area contributed by atoms with E-state index in [1.807, 2.05) is 26.0 Å². The van der Waals surface area contributed by atoms with Gasteiger partial charge >= 0.3 is 0 Å². The molecule has 2 aromatic rings. The highest BCUT2D eigenvalue weighted by Crippen LogP contribution is 2.30. The van der Waals surface area contributed by atoms with Crippen LogP contribution in [-0.4, -0.2) is 31.1 Å². The quantitative estimate of drug-likeness (QED) is 0.700. The average molecular weight is 470 g/mol. The first-order valence-corrected chi connectivity index (χ1v) is 9.96. The van der Waals surface area contributed by atoms with Crippen LogP contribution >= 0.6 is 22.6 Å². The van der Waals surface area contributed by atoms with E-state index in [0.717, 1.165) is 14.7 Å². The molecule has 0 aliphatic carbocycles. The summed E-state index contributed by atoms with van der Waals surface area (Å²) in [5, 5.41) is 2.72. The van der Waals surface area contributed by atoms with Crippen molar-refractivity contribution in [2.24, 2.45) is 0 Å². The number of halogens is 1. The number of fused-ring (bicyclic) bond motifs is 1. The molecule has 1 N–H and O–H groups in total. The lowest BCUT2D eigenvalue weighted by Crippen LogP contribution is -2.37. The molecule has 25 heavy (non-hydrogen) atoms. The molecule has 0 aromatic heterocycles. The molecule has 1 aliphatic heterocycles. The lowest BCUT2D eigenvalue weighted by molar-refractivity contribution is -0.116. The van der Waals surface area contributed by atoms with E-state index < -0.39 is 28.4 Å². The van der Waals surface area contributed by atoms with Crippen molar-refractivity contribution >= 4 is 50.1 Å². The van der Waals surface area contributed by atoms with Crippen LogP contribution in [0.5, 0.6) is 0 Å². The van der Waals surface area contributed by atoms with Crippen LogP contribution < -0.4 is 5.32 Å². The molecule has 0 radical (unpaired) electrons. The van der Waals surface area contributed by atoms with Gasteiger partial charge in [-0.3, -0.25) is 9.59 Å². The summed E-state index contributed by atoms with van der Waals surface area (Å²) in [5.41, 5.74) is 2.47. The Kier molecular flexibility index (Phi) is 4.58. The summed E-state index contributed by atoms with van der Waals surface area (Å²) < 4.78 is 26.6. The van der Waals surface area contributed by atoms with E-state index in [1.54, 1.807) is 12.1 Å². The zero-order chi connectivity index (χ0) is 18.4. The van der Waals surface area contributed by atoms with Crippen molar-refractivity contribution < 1.29 is 18.0 Å². The van der Waals surface area contributed by atoms with Gasteiger partial charge < -0.3 is 5.32 Å². The number of sulfonamides is 1. The smallest absolute Gasteiger partial charge is 0.269 e. The number of carbonyl (C=O) groups is 2. The van der Waals surface area contributed by atoms with Gasteiger partial charge in [0.1, 0.15) is 11.4 Å². The fraction of sp³-hybridized carbons (Fsp3) is 0.176. The standard InChI is InChI=1S/C17H15IN2O4S/c1-10-7-12(18)8-11(2)16(10)19-15(21)9-20-17(22)13-5-3-4-6-14(13)25(20,23)24/h3-8H,9H2,1-2H3,(H,19,21).